The first kappa shape index (κ1) is 19.3. The zero-order chi connectivity index (χ0) is 18.9. The van der Waals surface area contributed by atoms with Gasteiger partial charge in [-0.25, -0.2) is 4.79 Å². The fourth-order valence-corrected chi connectivity index (χ4v) is 3.35. The van der Waals surface area contributed by atoms with Gasteiger partial charge in [-0.05, 0) is 80.5 Å². The second-order valence-corrected chi connectivity index (χ2v) is 7.16. The third-order valence-electron chi connectivity index (χ3n) is 4.91. The lowest BCUT2D eigenvalue weighted by atomic mass is 9.98. The lowest BCUT2D eigenvalue weighted by molar-refractivity contribution is 0.155. The van der Waals surface area contributed by atoms with E-state index in [1.807, 2.05) is 36.4 Å². The predicted molar refractivity (Wildman–Crippen MR) is 109 cm³/mol. The second-order valence-electron chi connectivity index (χ2n) is 7.16. The van der Waals surface area contributed by atoms with Crippen LogP contribution in [0.3, 0.4) is 0 Å². The van der Waals surface area contributed by atoms with Crippen LogP contribution in [0.1, 0.15) is 57.4 Å². The molecule has 4 heteroatoms. The molecule has 0 bridgehead atoms. The minimum atomic E-state index is -0.489. The first-order chi connectivity index (χ1) is 13.2. The van der Waals surface area contributed by atoms with Crippen molar-refractivity contribution >= 4 is 11.8 Å². The van der Waals surface area contributed by atoms with E-state index in [2.05, 4.69) is 12.2 Å². The van der Waals surface area contributed by atoms with Crippen molar-refractivity contribution in [3.63, 3.8) is 0 Å². The van der Waals surface area contributed by atoms with Crippen LogP contribution < -0.4 is 14.8 Å². The summed E-state index contributed by atoms with van der Waals surface area (Å²) in [5.41, 5.74) is 2.02. The molecule has 1 N–H and O–H groups in total. The number of carbonyl (C=O) groups is 1. The molecule has 0 radical (unpaired) electrons. The van der Waals surface area contributed by atoms with E-state index >= 15 is 0 Å². The molecule has 1 aliphatic rings. The number of rotatable bonds is 7. The van der Waals surface area contributed by atoms with E-state index in [1.165, 1.54) is 37.7 Å². The van der Waals surface area contributed by atoms with Crippen molar-refractivity contribution in [1.82, 2.24) is 0 Å². The van der Waals surface area contributed by atoms with Crippen LogP contribution in [0, 0.1) is 0 Å². The molecule has 0 aliphatic heterocycles. The Labute approximate surface area is 161 Å². The van der Waals surface area contributed by atoms with Crippen LogP contribution >= 0.6 is 0 Å². The van der Waals surface area contributed by atoms with E-state index in [0.29, 0.717) is 11.9 Å². The number of unbranched alkanes of at least 4 members (excludes halogenated alkanes) is 1. The van der Waals surface area contributed by atoms with Gasteiger partial charge in [-0.3, -0.25) is 5.32 Å². The van der Waals surface area contributed by atoms with E-state index in [1.54, 1.807) is 12.1 Å². The third-order valence-corrected chi connectivity index (χ3v) is 4.91. The Kier molecular flexibility index (Phi) is 7.14. The van der Waals surface area contributed by atoms with Crippen LogP contribution in [-0.4, -0.2) is 12.2 Å². The number of hydrogen-bond donors (Lipinski definition) is 1. The van der Waals surface area contributed by atoms with Gasteiger partial charge in [0.05, 0.1) is 6.10 Å². The van der Waals surface area contributed by atoms with Crippen LogP contribution in [-0.2, 0) is 6.42 Å². The smallest absolute Gasteiger partial charge is 0.417 e. The summed E-state index contributed by atoms with van der Waals surface area (Å²) in [6.45, 7) is 2.18. The standard InChI is InChI=1S/C23H29NO3/c1-2-3-7-18-10-12-19(13-11-18)24-23(25)27-22-16-14-21(15-17-22)26-20-8-5-4-6-9-20/h10-17,20H,2-9H2,1H3,(H,24,25). The van der Waals surface area contributed by atoms with Gasteiger partial charge in [-0.2, -0.15) is 0 Å². The first-order valence-electron chi connectivity index (χ1n) is 10.1. The molecular formula is C23H29NO3. The lowest BCUT2D eigenvalue weighted by Gasteiger charge is -2.23. The van der Waals surface area contributed by atoms with Gasteiger partial charge in [0.15, 0.2) is 0 Å². The Hall–Kier alpha value is -2.49. The summed E-state index contributed by atoms with van der Waals surface area (Å²) < 4.78 is 11.3. The fourth-order valence-electron chi connectivity index (χ4n) is 3.35. The number of ether oxygens (including phenoxy) is 2. The Balaban J connectivity index is 1.47. The molecule has 2 aromatic rings. The van der Waals surface area contributed by atoms with Crippen molar-refractivity contribution in [1.29, 1.82) is 0 Å². The molecule has 0 aromatic heterocycles. The van der Waals surface area contributed by atoms with Crippen molar-refractivity contribution in [3.05, 3.63) is 54.1 Å². The SMILES string of the molecule is CCCCc1ccc(NC(=O)Oc2ccc(OC3CCCCC3)cc2)cc1. The summed E-state index contributed by atoms with van der Waals surface area (Å²) in [5.74, 6) is 1.33. The number of aryl methyl sites for hydroxylation is 1. The first-order valence-corrected chi connectivity index (χ1v) is 10.1. The molecule has 3 rings (SSSR count). The van der Waals surface area contributed by atoms with Crippen molar-refractivity contribution in [2.75, 3.05) is 5.32 Å². The van der Waals surface area contributed by atoms with Crippen LogP contribution in [0.25, 0.3) is 0 Å². The van der Waals surface area contributed by atoms with Crippen molar-refractivity contribution in [3.8, 4) is 11.5 Å². The molecule has 1 fully saturated rings. The summed E-state index contributed by atoms with van der Waals surface area (Å²) in [4.78, 5) is 12.1. The summed E-state index contributed by atoms with van der Waals surface area (Å²) in [6, 6.07) is 15.2. The number of hydrogen-bond acceptors (Lipinski definition) is 3. The van der Waals surface area contributed by atoms with Crippen LogP contribution in [0.15, 0.2) is 48.5 Å². The van der Waals surface area contributed by atoms with Gasteiger partial charge in [-0.1, -0.05) is 31.9 Å². The zero-order valence-corrected chi connectivity index (χ0v) is 16.1. The highest BCUT2D eigenvalue weighted by Crippen LogP contribution is 2.25. The average Bonchev–Trinajstić information content (AvgIpc) is 2.70. The van der Waals surface area contributed by atoms with Crippen molar-refractivity contribution in [2.45, 2.75) is 64.4 Å². The topological polar surface area (TPSA) is 47.6 Å². The molecule has 144 valence electrons. The largest absolute Gasteiger partial charge is 0.490 e. The average molecular weight is 367 g/mol. The molecule has 4 nitrogen and oxygen atoms in total. The predicted octanol–water partition coefficient (Wildman–Crippen LogP) is 6.35. The molecule has 0 unspecified atom stereocenters. The number of carbonyl (C=O) groups excluding carboxylic acids is 1. The van der Waals surface area contributed by atoms with Gasteiger partial charge in [0, 0.05) is 5.69 Å². The number of benzene rings is 2. The van der Waals surface area contributed by atoms with Crippen LogP contribution in [0.5, 0.6) is 11.5 Å². The molecule has 0 spiro atoms. The van der Waals surface area contributed by atoms with Crippen LogP contribution in [0.4, 0.5) is 10.5 Å². The summed E-state index contributed by atoms with van der Waals surface area (Å²) in [5, 5.41) is 2.76. The highest BCUT2D eigenvalue weighted by molar-refractivity contribution is 5.86. The lowest BCUT2D eigenvalue weighted by Crippen LogP contribution is -2.19. The van der Waals surface area contributed by atoms with Crippen molar-refractivity contribution in [2.24, 2.45) is 0 Å². The maximum Gasteiger partial charge on any atom is 0.417 e. The summed E-state index contributed by atoms with van der Waals surface area (Å²) in [7, 11) is 0. The summed E-state index contributed by atoms with van der Waals surface area (Å²) >= 11 is 0. The van der Waals surface area contributed by atoms with E-state index < -0.39 is 6.09 Å². The van der Waals surface area contributed by atoms with Crippen molar-refractivity contribution < 1.29 is 14.3 Å². The fraction of sp³-hybridized carbons (Fsp3) is 0.435. The highest BCUT2D eigenvalue weighted by Gasteiger charge is 2.15. The van der Waals surface area contributed by atoms with E-state index in [-0.39, 0.29) is 0 Å². The molecule has 0 saturated heterocycles. The van der Waals surface area contributed by atoms with Gasteiger partial charge in [-0.15, -0.1) is 0 Å². The molecule has 0 atom stereocenters. The maximum absolute atomic E-state index is 12.1. The normalized spacial score (nSPS) is 14.6. The van der Waals surface area contributed by atoms with Gasteiger partial charge in [0.25, 0.3) is 0 Å². The summed E-state index contributed by atoms with van der Waals surface area (Å²) in [6.07, 6.45) is 9.28. The zero-order valence-electron chi connectivity index (χ0n) is 16.1. The minimum absolute atomic E-state index is 0.314. The molecule has 0 heterocycles. The minimum Gasteiger partial charge on any atom is -0.490 e. The van der Waals surface area contributed by atoms with Gasteiger partial charge in [0.1, 0.15) is 11.5 Å². The molecular weight excluding hydrogens is 338 g/mol. The van der Waals surface area contributed by atoms with Gasteiger partial charge < -0.3 is 9.47 Å². The Morgan fingerprint density at radius 1 is 0.963 bits per heavy atom. The highest BCUT2D eigenvalue weighted by atomic mass is 16.6. The van der Waals surface area contributed by atoms with Gasteiger partial charge in [0.2, 0.25) is 0 Å². The van der Waals surface area contributed by atoms with E-state index in [9.17, 15) is 4.79 Å². The van der Waals surface area contributed by atoms with E-state index in [0.717, 1.165) is 30.7 Å². The Bertz CT molecular complexity index is 703. The molecule has 1 saturated carbocycles. The molecule has 2 aromatic carbocycles. The quantitative estimate of drug-likeness (QED) is 0.620. The monoisotopic (exact) mass is 367 g/mol. The number of nitrogens with one attached hydrogen (secondary N) is 1. The van der Waals surface area contributed by atoms with E-state index in [4.69, 9.17) is 9.47 Å². The van der Waals surface area contributed by atoms with Crippen LogP contribution in [0.2, 0.25) is 0 Å². The maximum atomic E-state index is 12.1. The number of anilines is 1. The number of amides is 1. The molecule has 1 amide bonds. The van der Waals surface area contributed by atoms with Gasteiger partial charge >= 0.3 is 6.09 Å². The molecule has 27 heavy (non-hydrogen) atoms. The Morgan fingerprint density at radius 3 is 2.30 bits per heavy atom. The second kappa shape index (κ2) is 10.0. The third kappa shape index (κ3) is 6.31. The Morgan fingerprint density at radius 2 is 1.63 bits per heavy atom. The molecule has 1 aliphatic carbocycles.